The molecular formula is C20H20FNO4. The molecule has 3 rings (SSSR count). The van der Waals surface area contributed by atoms with Crippen molar-refractivity contribution in [1.29, 1.82) is 0 Å². The Labute approximate surface area is 150 Å². The molecular weight excluding hydrogens is 337 g/mol. The second kappa shape index (κ2) is 7.07. The predicted octanol–water partition coefficient (Wildman–Crippen LogP) is 4.39. The molecule has 5 nitrogen and oxygen atoms in total. The van der Waals surface area contributed by atoms with E-state index in [1.807, 2.05) is 13.8 Å². The van der Waals surface area contributed by atoms with Gasteiger partial charge in [0.15, 0.2) is 11.5 Å². The van der Waals surface area contributed by atoms with Gasteiger partial charge in [-0.1, -0.05) is 0 Å². The molecule has 1 N–H and O–H groups in total. The zero-order chi connectivity index (χ0) is 18.8. The average Bonchev–Trinajstić information content (AvgIpc) is 2.98. The SMILES string of the molecule is CNC(=O)c1c(-c2ccc(F)cc2)oc2cc(OC)c(OC(C)C)cc12. The lowest BCUT2D eigenvalue weighted by Gasteiger charge is -2.13. The second-order valence-electron chi connectivity index (χ2n) is 6.06. The third-order valence-electron chi connectivity index (χ3n) is 3.90. The normalized spacial score (nSPS) is 11.0. The first-order valence-electron chi connectivity index (χ1n) is 8.23. The van der Waals surface area contributed by atoms with Crippen LogP contribution in [0.1, 0.15) is 24.2 Å². The van der Waals surface area contributed by atoms with Gasteiger partial charge in [0.1, 0.15) is 17.2 Å². The Morgan fingerprint density at radius 1 is 1.15 bits per heavy atom. The van der Waals surface area contributed by atoms with Crippen LogP contribution in [0.5, 0.6) is 11.5 Å². The smallest absolute Gasteiger partial charge is 0.255 e. The Morgan fingerprint density at radius 3 is 2.42 bits per heavy atom. The molecule has 0 spiro atoms. The number of carbonyl (C=O) groups is 1. The van der Waals surface area contributed by atoms with Gasteiger partial charge in [0, 0.05) is 24.1 Å². The molecule has 0 aliphatic rings. The van der Waals surface area contributed by atoms with Gasteiger partial charge in [0.25, 0.3) is 5.91 Å². The van der Waals surface area contributed by atoms with Gasteiger partial charge in [0.05, 0.1) is 18.8 Å². The zero-order valence-electron chi connectivity index (χ0n) is 15.1. The monoisotopic (exact) mass is 357 g/mol. The fourth-order valence-corrected chi connectivity index (χ4v) is 2.76. The van der Waals surface area contributed by atoms with Gasteiger partial charge in [-0.3, -0.25) is 4.79 Å². The molecule has 0 aliphatic heterocycles. The highest BCUT2D eigenvalue weighted by atomic mass is 19.1. The summed E-state index contributed by atoms with van der Waals surface area (Å²) in [6.45, 7) is 3.81. The Balaban J connectivity index is 2.28. The van der Waals surface area contributed by atoms with Crippen molar-refractivity contribution in [2.24, 2.45) is 0 Å². The van der Waals surface area contributed by atoms with Crippen molar-refractivity contribution in [3.63, 3.8) is 0 Å². The lowest BCUT2D eigenvalue weighted by Crippen LogP contribution is -2.18. The van der Waals surface area contributed by atoms with Gasteiger partial charge in [0.2, 0.25) is 0 Å². The molecule has 0 atom stereocenters. The zero-order valence-corrected chi connectivity index (χ0v) is 15.1. The van der Waals surface area contributed by atoms with Crippen LogP contribution in [0.4, 0.5) is 4.39 Å². The molecule has 2 aromatic carbocycles. The molecule has 0 saturated carbocycles. The van der Waals surface area contributed by atoms with Crippen LogP contribution < -0.4 is 14.8 Å². The van der Waals surface area contributed by atoms with Crippen LogP contribution in [0.3, 0.4) is 0 Å². The molecule has 0 aliphatic carbocycles. The van der Waals surface area contributed by atoms with E-state index in [0.717, 1.165) is 0 Å². The van der Waals surface area contributed by atoms with E-state index in [1.165, 1.54) is 19.2 Å². The number of hydrogen-bond acceptors (Lipinski definition) is 4. The molecule has 1 aromatic heterocycles. The fourth-order valence-electron chi connectivity index (χ4n) is 2.76. The Morgan fingerprint density at radius 2 is 1.85 bits per heavy atom. The molecule has 1 amide bonds. The maximum Gasteiger partial charge on any atom is 0.255 e. The van der Waals surface area contributed by atoms with Gasteiger partial charge in [-0.05, 0) is 44.2 Å². The number of hydrogen-bond donors (Lipinski definition) is 1. The van der Waals surface area contributed by atoms with Gasteiger partial charge < -0.3 is 19.2 Å². The van der Waals surface area contributed by atoms with E-state index in [0.29, 0.717) is 39.4 Å². The number of halogens is 1. The summed E-state index contributed by atoms with van der Waals surface area (Å²) in [6, 6.07) is 9.21. The number of carbonyl (C=O) groups excluding carboxylic acids is 1. The lowest BCUT2D eigenvalue weighted by molar-refractivity contribution is 0.0964. The average molecular weight is 357 g/mol. The van der Waals surface area contributed by atoms with Crippen molar-refractivity contribution in [3.8, 4) is 22.8 Å². The van der Waals surface area contributed by atoms with Crippen molar-refractivity contribution in [3.05, 3.63) is 47.8 Å². The highest BCUT2D eigenvalue weighted by molar-refractivity contribution is 6.11. The number of benzene rings is 2. The first-order chi connectivity index (χ1) is 12.4. The largest absolute Gasteiger partial charge is 0.493 e. The minimum atomic E-state index is -0.361. The Bertz CT molecular complexity index is 945. The van der Waals surface area contributed by atoms with Crippen molar-refractivity contribution in [1.82, 2.24) is 5.32 Å². The molecule has 0 radical (unpaired) electrons. The summed E-state index contributed by atoms with van der Waals surface area (Å²) in [4.78, 5) is 12.5. The van der Waals surface area contributed by atoms with E-state index in [4.69, 9.17) is 13.9 Å². The molecule has 26 heavy (non-hydrogen) atoms. The summed E-state index contributed by atoms with van der Waals surface area (Å²) in [5.74, 6) is 0.730. The van der Waals surface area contributed by atoms with Crippen molar-refractivity contribution >= 4 is 16.9 Å². The van der Waals surface area contributed by atoms with Crippen LogP contribution in [-0.4, -0.2) is 26.2 Å². The van der Waals surface area contributed by atoms with Crippen molar-refractivity contribution in [2.45, 2.75) is 20.0 Å². The van der Waals surface area contributed by atoms with E-state index in [2.05, 4.69) is 5.32 Å². The highest BCUT2D eigenvalue weighted by Crippen LogP contribution is 2.40. The topological polar surface area (TPSA) is 60.7 Å². The number of ether oxygens (including phenoxy) is 2. The molecule has 0 saturated heterocycles. The van der Waals surface area contributed by atoms with Gasteiger partial charge in [-0.15, -0.1) is 0 Å². The minimum absolute atomic E-state index is 0.0618. The van der Waals surface area contributed by atoms with E-state index >= 15 is 0 Å². The molecule has 1 heterocycles. The van der Waals surface area contributed by atoms with Gasteiger partial charge in [-0.2, -0.15) is 0 Å². The van der Waals surface area contributed by atoms with Crippen LogP contribution in [0, 0.1) is 5.82 Å². The van der Waals surface area contributed by atoms with Crippen LogP contribution in [0.15, 0.2) is 40.8 Å². The van der Waals surface area contributed by atoms with Gasteiger partial charge in [-0.25, -0.2) is 4.39 Å². The Hall–Kier alpha value is -3.02. The maximum absolute atomic E-state index is 13.3. The van der Waals surface area contributed by atoms with Crippen LogP contribution in [0.2, 0.25) is 0 Å². The summed E-state index contributed by atoms with van der Waals surface area (Å²) >= 11 is 0. The third-order valence-corrected chi connectivity index (χ3v) is 3.90. The minimum Gasteiger partial charge on any atom is -0.493 e. The molecule has 0 unspecified atom stereocenters. The summed E-state index contributed by atoms with van der Waals surface area (Å²) in [5.41, 5.74) is 1.45. The van der Waals surface area contributed by atoms with Gasteiger partial charge >= 0.3 is 0 Å². The van der Waals surface area contributed by atoms with E-state index < -0.39 is 0 Å². The summed E-state index contributed by atoms with van der Waals surface area (Å²) in [7, 11) is 3.09. The molecule has 136 valence electrons. The fraction of sp³-hybridized carbons (Fsp3) is 0.250. The van der Waals surface area contributed by atoms with Crippen LogP contribution >= 0.6 is 0 Å². The number of rotatable bonds is 5. The molecule has 0 bridgehead atoms. The molecule has 6 heteroatoms. The van der Waals surface area contributed by atoms with E-state index in [-0.39, 0.29) is 17.8 Å². The van der Waals surface area contributed by atoms with E-state index in [9.17, 15) is 9.18 Å². The summed E-state index contributed by atoms with van der Waals surface area (Å²) < 4.78 is 30.4. The first kappa shape index (κ1) is 17.8. The third kappa shape index (κ3) is 3.22. The number of fused-ring (bicyclic) bond motifs is 1. The maximum atomic E-state index is 13.3. The quantitative estimate of drug-likeness (QED) is 0.735. The standard InChI is InChI=1S/C20H20FNO4/c1-11(2)25-17-9-14-15(10-16(17)24-4)26-19(18(14)20(23)22-3)12-5-7-13(21)8-6-12/h5-11H,1-4H3,(H,22,23). The number of furan rings is 1. The number of nitrogens with one attached hydrogen (secondary N) is 1. The highest BCUT2D eigenvalue weighted by Gasteiger charge is 2.24. The van der Waals surface area contributed by atoms with Crippen LogP contribution in [0.25, 0.3) is 22.3 Å². The molecule has 3 aromatic rings. The van der Waals surface area contributed by atoms with Crippen molar-refractivity contribution in [2.75, 3.05) is 14.2 Å². The predicted molar refractivity (Wildman–Crippen MR) is 97.3 cm³/mol. The lowest BCUT2D eigenvalue weighted by atomic mass is 10.0. The number of methoxy groups -OCH3 is 1. The summed E-state index contributed by atoms with van der Waals surface area (Å²) in [5, 5.41) is 3.22. The molecule has 0 fully saturated rings. The first-order valence-corrected chi connectivity index (χ1v) is 8.23. The second-order valence-corrected chi connectivity index (χ2v) is 6.06. The van der Waals surface area contributed by atoms with Crippen molar-refractivity contribution < 1.29 is 23.1 Å². The van der Waals surface area contributed by atoms with Crippen LogP contribution in [-0.2, 0) is 0 Å². The number of amides is 1. The van der Waals surface area contributed by atoms with E-state index in [1.54, 1.807) is 31.3 Å². The summed E-state index contributed by atoms with van der Waals surface area (Å²) in [6.07, 6.45) is -0.0618. The Kier molecular flexibility index (Phi) is 4.84.